The van der Waals surface area contributed by atoms with Gasteiger partial charge in [-0.1, -0.05) is 11.6 Å². The van der Waals surface area contributed by atoms with Crippen molar-refractivity contribution < 1.29 is 4.39 Å². The fourth-order valence-corrected chi connectivity index (χ4v) is 1.70. The van der Waals surface area contributed by atoms with Gasteiger partial charge in [0.25, 0.3) is 0 Å². The second-order valence-corrected chi connectivity index (χ2v) is 5.02. The average molecular weight is 259 g/mol. The molecule has 0 saturated carbocycles. The van der Waals surface area contributed by atoms with E-state index in [1.165, 1.54) is 12.1 Å². The zero-order valence-corrected chi connectivity index (χ0v) is 11.4. The standard InChI is InChI=1S/C13H20ClFN2/c1-10(6-7-17(2)3)16-9-11-8-12(15)4-5-13(11)14/h4-5,8,10,16H,6-7,9H2,1-3H3. The number of halogens is 2. The van der Waals surface area contributed by atoms with Crippen LogP contribution in [0.15, 0.2) is 18.2 Å². The van der Waals surface area contributed by atoms with Crippen LogP contribution in [0.2, 0.25) is 5.02 Å². The molecule has 0 fully saturated rings. The molecule has 0 amide bonds. The first kappa shape index (κ1) is 14.4. The first-order valence-corrected chi connectivity index (χ1v) is 6.19. The van der Waals surface area contributed by atoms with E-state index in [0.29, 0.717) is 17.6 Å². The quantitative estimate of drug-likeness (QED) is 0.844. The minimum Gasteiger partial charge on any atom is -0.310 e. The van der Waals surface area contributed by atoms with Crippen molar-refractivity contribution >= 4 is 11.6 Å². The summed E-state index contributed by atoms with van der Waals surface area (Å²) in [4.78, 5) is 2.15. The van der Waals surface area contributed by atoms with Crippen molar-refractivity contribution in [2.24, 2.45) is 0 Å². The molecule has 2 nitrogen and oxygen atoms in total. The minimum atomic E-state index is -0.243. The maximum absolute atomic E-state index is 13.0. The third-order valence-electron chi connectivity index (χ3n) is 2.66. The van der Waals surface area contributed by atoms with Crippen LogP contribution in [0.25, 0.3) is 0 Å². The molecule has 96 valence electrons. The third kappa shape index (κ3) is 5.48. The predicted molar refractivity (Wildman–Crippen MR) is 70.9 cm³/mol. The Balaban J connectivity index is 2.41. The lowest BCUT2D eigenvalue weighted by Crippen LogP contribution is -2.29. The van der Waals surface area contributed by atoms with Crippen molar-refractivity contribution in [3.63, 3.8) is 0 Å². The highest BCUT2D eigenvalue weighted by atomic mass is 35.5. The molecule has 0 aromatic heterocycles. The summed E-state index contributed by atoms with van der Waals surface area (Å²) >= 11 is 5.99. The summed E-state index contributed by atoms with van der Waals surface area (Å²) in [5, 5.41) is 3.95. The van der Waals surface area contributed by atoms with Crippen molar-refractivity contribution in [3.8, 4) is 0 Å². The molecule has 0 spiro atoms. The molecule has 1 unspecified atom stereocenters. The number of hydrogen-bond acceptors (Lipinski definition) is 2. The minimum absolute atomic E-state index is 0.243. The summed E-state index contributed by atoms with van der Waals surface area (Å²) in [7, 11) is 4.10. The molecule has 1 rings (SSSR count). The molecule has 0 heterocycles. The molecule has 0 aliphatic rings. The monoisotopic (exact) mass is 258 g/mol. The van der Waals surface area contributed by atoms with E-state index in [9.17, 15) is 4.39 Å². The van der Waals surface area contributed by atoms with Gasteiger partial charge in [0, 0.05) is 17.6 Å². The molecule has 1 aromatic carbocycles. The van der Waals surface area contributed by atoms with Crippen LogP contribution in [0.5, 0.6) is 0 Å². The molecule has 0 aliphatic heterocycles. The smallest absolute Gasteiger partial charge is 0.123 e. The molecule has 4 heteroatoms. The lowest BCUT2D eigenvalue weighted by molar-refractivity contribution is 0.365. The van der Waals surface area contributed by atoms with Crippen molar-refractivity contribution in [2.75, 3.05) is 20.6 Å². The summed E-state index contributed by atoms with van der Waals surface area (Å²) in [6, 6.07) is 4.84. The van der Waals surface area contributed by atoms with Gasteiger partial charge < -0.3 is 10.2 Å². The summed E-state index contributed by atoms with van der Waals surface area (Å²) < 4.78 is 13.0. The Kier molecular flexibility index (Phi) is 5.89. The Morgan fingerprint density at radius 3 is 2.76 bits per heavy atom. The maximum atomic E-state index is 13.0. The molecule has 1 N–H and O–H groups in total. The fourth-order valence-electron chi connectivity index (χ4n) is 1.52. The zero-order chi connectivity index (χ0) is 12.8. The number of rotatable bonds is 6. The van der Waals surface area contributed by atoms with E-state index in [4.69, 9.17) is 11.6 Å². The van der Waals surface area contributed by atoms with Crippen molar-refractivity contribution in [1.29, 1.82) is 0 Å². The Labute approximate surface area is 108 Å². The van der Waals surface area contributed by atoms with E-state index in [-0.39, 0.29) is 5.82 Å². The first-order valence-electron chi connectivity index (χ1n) is 5.81. The van der Waals surface area contributed by atoms with Crippen LogP contribution in [-0.2, 0) is 6.54 Å². The van der Waals surface area contributed by atoms with Crippen LogP contribution in [0.4, 0.5) is 4.39 Å². The summed E-state index contributed by atoms with van der Waals surface area (Å²) in [6.07, 6.45) is 1.06. The molecule has 0 aliphatic carbocycles. The van der Waals surface area contributed by atoms with Crippen molar-refractivity contribution in [1.82, 2.24) is 10.2 Å². The van der Waals surface area contributed by atoms with Crippen LogP contribution < -0.4 is 5.32 Å². The van der Waals surface area contributed by atoms with E-state index >= 15 is 0 Å². The predicted octanol–water partition coefficient (Wildman–Crippen LogP) is 2.91. The third-order valence-corrected chi connectivity index (χ3v) is 3.03. The lowest BCUT2D eigenvalue weighted by atomic mass is 10.2. The SMILES string of the molecule is CC(CCN(C)C)NCc1cc(F)ccc1Cl. The lowest BCUT2D eigenvalue weighted by Gasteiger charge is -2.17. The number of benzene rings is 1. The van der Waals surface area contributed by atoms with E-state index in [1.807, 2.05) is 0 Å². The zero-order valence-electron chi connectivity index (χ0n) is 10.6. The Hall–Kier alpha value is -0.640. The van der Waals surface area contributed by atoms with Gasteiger partial charge in [-0.05, 0) is 57.7 Å². The Morgan fingerprint density at radius 1 is 1.41 bits per heavy atom. The largest absolute Gasteiger partial charge is 0.310 e. The number of hydrogen-bond donors (Lipinski definition) is 1. The second-order valence-electron chi connectivity index (χ2n) is 4.61. The highest BCUT2D eigenvalue weighted by Gasteiger charge is 2.05. The van der Waals surface area contributed by atoms with Gasteiger partial charge in [0.05, 0.1) is 0 Å². The van der Waals surface area contributed by atoms with Crippen molar-refractivity contribution in [3.05, 3.63) is 34.6 Å². The van der Waals surface area contributed by atoms with Crippen LogP contribution >= 0.6 is 11.6 Å². The van der Waals surface area contributed by atoms with E-state index < -0.39 is 0 Å². The summed E-state index contributed by atoms with van der Waals surface area (Å²) in [6.45, 7) is 3.76. The Bertz CT molecular complexity index is 355. The van der Waals surface area contributed by atoms with Gasteiger partial charge >= 0.3 is 0 Å². The van der Waals surface area contributed by atoms with E-state index in [0.717, 1.165) is 18.5 Å². The van der Waals surface area contributed by atoms with Crippen LogP contribution in [0, 0.1) is 5.82 Å². The van der Waals surface area contributed by atoms with Gasteiger partial charge in [-0.3, -0.25) is 0 Å². The van der Waals surface area contributed by atoms with E-state index in [2.05, 4.69) is 31.2 Å². The van der Waals surface area contributed by atoms with Crippen LogP contribution in [0.3, 0.4) is 0 Å². The number of nitrogens with zero attached hydrogens (tertiary/aromatic N) is 1. The van der Waals surface area contributed by atoms with Gasteiger partial charge in [-0.25, -0.2) is 4.39 Å². The molecule has 0 radical (unpaired) electrons. The molecular weight excluding hydrogens is 239 g/mol. The molecule has 1 aromatic rings. The topological polar surface area (TPSA) is 15.3 Å². The number of nitrogens with one attached hydrogen (secondary N) is 1. The van der Waals surface area contributed by atoms with Gasteiger partial charge in [-0.15, -0.1) is 0 Å². The van der Waals surface area contributed by atoms with Crippen molar-refractivity contribution in [2.45, 2.75) is 25.9 Å². The van der Waals surface area contributed by atoms with Crippen LogP contribution in [0.1, 0.15) is 18.9 Å². The normalized spacial score (nSPS) is 13.1. The first-order chi connectivity index (χ1) is 7.99. The highest BCUT2D eigenvalue weighted by molar-refractivity contribution is 6.31. The van der Waals surface area contributed by atoms with E-state index in [1.54, 1.807) is 6.07 Å². The highest BCUT2D eigenvalue weighted by Crippen LogP contribution is 2.16. The summed E-state index contributed by atoms with van der Waals surface area (Å²) in [5.41, 5.74) is 0.809. The van der Waals surface area contributed by atoms with Gasteiger partial charge in [0.2, 0.25) is 0 Å². The molecule has 0 bridgehead atoms. The molecule has 1 atom stereocenters. The average Bonchev–Trinajstić information content (AvgIpc) is 2.27. The maximum Gasteiger partial charge on any atom is 0.123 e. The van der Waals surface area contributed by atoms with Crippen LogP contribution in [-0.4, -0.2) is 31.6 Å². The molecule has 17 heavy (non-hydrogen) atoms. The fraction of sp³-hybridized carbons (Fsp3) is 0.538. The van der Waals surface area contributed by atoms with Gasteiger partial charge in [0.1, 0.15) is 5.82 Å². The molecular formula is C13H20ClFN2. The Morgan fingerprint density at radius 2 is 2.12 bits per heavy atom. The van der Waals surface area contributed by atoms with Gasteiger partial charge in [-0.2, -0.15) is 0 Å². The van der Waals surface area contributed by atoms with Gasteiger partial charge in [0.15, 0.2) is 0 Å². The second kappa shape index (κ2) is 6.94. The summed E-state index contributed by atoms with van der Waals surface area (Å²) in [5.74, 6) is -0.243. The molecule has 0 saturated heterocycles.